The van der Waals surface area contributed by atoms with Crippen LogP contribution in [-0.2, 0) is 14.3 Å². The van der Waals surface area contributed by atoms with Gasteiger partial charge in [-0.05, 0) is 48.5 Å². The van der Waals surface area contributed by atoms with E-state index in [1.54, 1.807) is 30.3 Å². The second-order valence-corrected chi connectivity index (χ2v) is 7.41. The van der Waals surface area contributed by atoms with Crippen molar-refractivity contribution in [3.63, 3.8) is 0 Å². The number of esters is 1. The van der Waals surface area contributed by atoms with E-state index in [0.717, 1.165) is 9.79 Å². The molecule has 1 N–H and O–H groups in total. The zero-order valence-electron chi connectivity index (χ0n) is 15.3. The number of carbonyl (C=O) groups is 2. The SMILES string of the molecule is O=C(COC(=O)COc1ccccc1)Nc1ccccc1Sc1ccc(Cl)cc1. The van der Waals surface area contributed by atoms with Crippen molar-refractivity contribution in [3.8, 4) is 5.75 Å². The second kappa shape index (κ2) is 10.5. The van der Waals surface area contributed by atoms with Crippen LogP contribution < -0.4 is 10.1 Å². The van der Waals surface area contributed by atoms with E-state index in [0.29, 0.717) is 16.5 Å². The lowest BCUT2D eigenvalue weighted by molar-refractivity contribution is -0.149. The molecule has 3 rings (SSSR count). The summed E-state index contributed by atoms with van der Waals surface area (Å²) in [6.07, 6.45) is 0. The molecular formula is C22H18ClNO4S. The number of halogens is 1. The zero-order valence-corrected chi connectivity index (χ0v) is 16.9. The molecule has 3 aromatic rings. The second-order valence-electron chi connectivity index (χ2n) is 5.86. The van der Waals surface area contributed by atoms with Gasteiger partial charge in [0.05, 0.1) is 5.69 Å². The number of anilines is 1. The average Bonchev–Trinajstić information content (AvgIpc) is 2.74. The molecule has 0 radical (unpaired) electrons. The Morgan fingerprint density at radius 2 is 1.55 bits per heavy atom. The van der Waals surface area contributed by atoms with Gasteiger partial charge in [-0.15, -0.1) is 0 Å². The Morgan fingerprint density at radius 1 is 0.862 bits per heavy atom. The largest absolute Gasteiger partial charge is 0.482 e. The molecule has 0 saturated heterocycles. The average molecular weight is 428 g/mol. The normalized spacial score (nSPS) is 10.2. The van der Waals surface area contributed by atoms with Crippen LogP contribution in [0.3, 0.4) is 0 Å². The Labute approximate surface area is 178 Å². The molecule has 148 valence electrons. The zero-order chi connectivity index (χ0) is 20.5. The Hall–Kier alpha value is -2.96. The van der Waals surface area contributed by atoms with Crippen molar-refractivity contribution in [3.05, 3.63) is 83.9 Å². The molecule has 0 aliphatic heterocycles. The number of ether oxygens (including phenoxy) is 2. The summed E-state index contributed by atoms with van der Waals surface area (Å²) < 4.78 is 10.3. The minimum absolute atomic E-state index is 0.264. The fourth-order valence-corrected chi connectivity index (χ4v) is 3.35. The molecule has 0 heterocycles. The lowest BCUT2D eigenvalue weighted by Gasteiger charge is -2.11. The van der Waals surface area contributed by atoms with E-state index in [1.807, 2.05) is 48.5 Å². The van der Waals surface area contributed by atoms with Crippen molar-refractivity contribution in [1.82, 2.24) is 0 Å². The van der Waals surface area contributed by atoms with Crippen LogP contribution in [0.2, 0.25) is 5.02 Å². The van der Waals surface area contributed by atoms with Gasteiger partial charge in [0.1, 0.15) is 5.75 Å². The maximum absolute atomic E-state index is 12.2. The van der Waals surface area contributed by atoms with Crippen molar-refractivity contribution >= 4 is 40.9 Å². The Kier molecular flexibility index (Phi) is 7.55. The number of amides is 1. The highest BCUT2D eigenvalue weighted by Crippen LogP contribution is 2.33. The van der Waals surface area contributed by atoms with Crippen molar-refractivity contribution in [2.24, 2.45) is 0 Å². The highest BCUT2D eigenvalue weighted by atomic mass is 35.5. The van der Waals surface area contributed by atoms with Gasteiger partial charge in [0.25, 0.3) is 5.91 Å². The first-order valence-corrected chi connectivity index (χ1v) is 9.95. The van der Waals surface area contributed by atoms with Crippen LogP contribution in [0.4, 0.5) is 5.69 Å². The molecule has 0 aliphatic rings. The van der Waals surface area contributed by atoms with E-state index in [4.69, 9.17) is 21.1 Å². The summed E-state index contributed by atoms with van der Waals surface area (Å²) in [7, 11) is 0. The first kappa shape index (κ1) is 20.8. The van der Waals surface area contributed by atoms with Gasteiger partial charge in [-0.25, -0.2) is 4.79 Å². The monoisotopic (exact) mass is 427 g/mol. The summed E-state index contributed by atoms with van der Waals surface area (Å²) in [6, 6.07) is 23.7. The summed E-state index contributed by atoms with van der Waals surface area (Å²) in [5, 5.41) is 3.43. The van der Waals surface area contributed by atoms with Crippen LogP contribution >= 0.6 is 23.4 Å². The van der Waals surface area contributed by atoms with Gasteiger partial charge in [-0.1, -0.05) is 53.7 Å². The maximum atomic E-state index is 12.2. The minimum atomic E-state index is -0.618. The number of para-hydroxylation sites is 2. The molecule has 5 nitrogen and oxygen atoms in total. The third kappa shape index (κ3) is 6.85. The number of hydrogen-bond donors (Lipinski definition) is 1. The summed E-state index contributed by atoms with van der Waals surface area (Å²) in [5.41, 5.74) is 0.633. The molecule has 0 aromatic heterocycles. The van der Waals surface area contributed by atoms with Gasteiger partial charge >= 0.3 is 5.97 Å². The van der Waals surface area contributed by atoms with Crippen molar-refractivity contribution in [1.29, 1.82) is 0 Å². The lowest BCUT2D eigenvalue weighted by Crippen LogP contribution is -2.23. The third-order valence-electron chi connectivity index (χ3n) is 3.67. The molecule has 29 heavy (non-hydrogen) atoms. The molecule has 0 spiro atoms. The fourth-order valence-electron chi connectivity index (χ4n) is 2.32. The van der Waals surface area contributed by atoms with Crippen molar-refractivity contribution in [2.75, 3.05) is 18.5 Å². The van der Waals surface area contributed by atoms with Crippen molar-refractivity contribution < 1.29 is 19.1 Å². The maximum Gasteiger partial charge on any atom is 0.344 e. The number of rotatable bonds is 8. The highest BCUT2D eigenvalue weighted by Gasteiger charge is 2.11. The standard InChI is InChI=1S/C22H18ClNO4S/c23-16-10-12-18(13-11-16)29-20-9-5-4-8-19(20)24-21(25)14-28-22(26)15-27-17-6-2-1-3-7-17/h1-13H,14-15H2,(H,24,25). The molecule has 7 heteroatoms. The number of benzene rings is 3. The van der Waals surface area contributed by atoms with E-state index in [-0.39, 0.29) is 6.61 Å². The first-order valence-electron chi connectivity index (χ1n) is 8.76. The first-order chi connectivity index (χ1) is 14.1. The van der Waals surface area contributed by atoms with Gasteiger partial charge in [-0.3, -0.25) is 4.79 Å². The van der Waals surface area contributed by atoms with E-state index >= 15 is 0 Å². The smallest absolute Gasteiger partial charge is 0.344 e. The van der Waals surface area contributed by atoms with Gasteiger partial charge in [-0.2, -0.15) is 0 Å². The molecule has 0 fully saturated rings. The fraction of sp³-hybridized carbons (Fsp3) is 0.0909. The topological polar surface area (TPSA) is 64.6 Å². The highest BCUT2D eigenvalue weighted by molar-refractivity contribution is 7.99. The Morgan fingerprint density at radius 3 is 2.31 bits per heavy atom. The molecule has 0 bridgehead atoms. The van der Waals surface area contributed by atoms with Gasteiger partial charge in [0.15, 0.2) is 13.2 Å². The summed E-state index contributed by atoms with van der Waals surface area (Å²) in [6.45, 7) is -0.656. The van der Waals surface area contributed by atoms with E-state index in [1.165, 1.54) is 11.8 Å². The molecule has 1 amide bonds. The van der Waals surface area contributed by atoms with E-state index < -0.39 is 18.5 Å². The van der Waals surface area contributed by atoms with E-state index in [2.05, 4.69) is 5.32 Å². The summed E-state index contributed by atoms with van der Waals surface area (Å²) in [4.78, 5) is 25.8. The number of nitrogens with one attached hydrogen (secondary N) is 1. The van der Waals surface area contributed by atoms with Crippen molar-refractivity contribution in [2.45, 2.75) is 9.79 Å². The molecule has 3 aromatic carbocycles. The minimum Gasteiger partial charge on any atom is -0.482 e. The van der Waals surface area contributed by atoms with Gasteiger partial charge in [0.2, 0.25) is 0 Å². The summed E-state index contributed by atoms with van der Waals surface area (Å²) in [5.74, 6) is -0.489. The summed E-state index contributed by atoms with van der Waals surface area (Å²) >= 11 is 7.41. The van der Waals surface area contributed by atoms with Gasteiger partial charge in [0, 0.05) is 14.8 Å². The van der Waals surface area contributed by atoms with Crippen LogP contribution in [0.5, 0.6) is 5.75 Å². The van der Waals surface area contributed by atoms with Crippen LogP contribution in [0, 0.1) is 0 Å². The van der Waals surface area contributed by atoms with E-state index in [9.17, 15) is 9.59 Å². The molecular weight excluding hydrogens is 410 g/mol. The van der Waals surface area contributed by atoms with Crippen LogP contribution in [0.1, 0.15) is 0 Å². The Balaban J connectivity index is 1.50. The third-order valence-corrected chi connectivity index (χ3v) is 5.00. The Bertz CT molecular complexity index is 964. The predicted molar refractivity (Wildman–Crippen MR) is 114 cm³/mol. The van der Waals surface area contributed by atoms with Gasteiger partial charge < -0.3 is 14.8 Å². The quantitative estimate of drug-likeness (QED) is 0.509. The molecule has 0 unspecified atom stereocenters. The van der Waals surface area contributed by atoms with Crippen LogP contribution in [0.25, 0.3) is 0 Å². The predicted octanol–water partition coefficient (Wildman–Crippen LogP) is 5.05. The number of carbonyl (C=O) groups excluding carboxylic acids is 2. The van der Waals surface area contributed by atoms with Crippen LogP contribution in [0.15, 0.2) is 88.7 Å². The number of hydrogen-bond acceptors (Lipinski definition) is 5. The van der Waals surface area contributed by atoms with Crippen LogP contribution in [-0.4, -0.2) is 25.1 Å². The molecule has 0 saturated carbocycles. The lowest BCUT2D eigenvalue weighted by atomic mass is 10.3. The molecule has 0 atom stereocenters. The molecule has 0 aliphatic carbocycles.